The van der Waals surface area contributed by atoms with Gasteiger partial charge < -0.3 is 10.6 Å². The third-order valence-corrected chi connectivity index (χ3v) is 3.35. The fourth-order valence-electron chi connectivity index (χ4n) is 2.04. The molecule has 100 valence electrons. The molecule has 1 aromatic rings. The predicted octanol–water partition coefficient (Wildman–Crippen LogP) is 2.54. The molecule has 1 atom stereocenters. The van der Waals surface area contributed by atoms with Crippen molar-refractivity contribution in [3.05, 3.63) is 22.8 Å². The van der Waals surface area contributed by atoms with Gasteiger partial charge in [-0.05, 0) is 24.9 Å². The molecular formula is C11H13ClF3N3. The van der Waals surface area contributed by atoms with E-state index in [1.807, 2.05) is 4.90 Å². The largest absolute Gasteiger partial charge is 0.417 e. The first-order valence-electron chi connectivity index (χ1n) is 5.59. The molecule has 1 aromatic heterocycles. The van der Waals surface area contributed by atoms with Crippen LogP contribution in [-0.2, 0) is 6.18 Å². The van der Waals surface area contributed by atoms with Crippen molar-refractivity contribution in [2.45, 2.75) is 12.6 Å². The summed E-state index contributed by atoms with van der Waals surface area (Å²) in [6.45, 7) is 1.98. The molecule has 1 fully saturated rings. The summed E-state index contributed by atoms with van der Waals surface area (Å²) >= 11 is 5.87. The number of pyridine rings is 1. The SMILES string of the molecule is NCC1CCN(c2ncc(C(F)(F)F)cc2Cl)C1. The minimum Gasteiger partial charge on any atom is -0.355 e. The van der Waals surface area contributed by atoms with E-state index in [-0.39, 0.29) is 5.02 Å². The van der Waals surface area contributed by atoms with E-state index < -0.39 is 11.7 Å². The number of halogens is 4. The van der Waals surface area contributed by atoms with Gasteiger partial charge in [0, 0.05) is 19.3 Å². The van der Waals surface area contributed by atoms with E-state index in [9.17, 15) is 13.2 Å². The number of anilines is 1. The third kappa shape index (κ3) is 2.70. The van der Waals surface area contributed by atoms with Crippen LogP contribution in [0.15, 0.2) is 12.3 Å². The molecular weight excluding hydrogens is 267 g/mol. The van der Waals surface area contributed by atoms with Gasteiger partial charge in [-0.25, -0.2) is 4.98 Å². The topological polar surface area (TPSA) is 42.1 Å². The van der Waals surface area contributed by atoms with Crippen LogP contribution < -0.4 is 10.6 Å². The quantitative estimate of drug-likeness (QED) is 0.905. The monoisotopic (exact) mass is 279 g/mol. The summed E-state index contributed by atoms with van der Waals surface area (Å²) in [5.41, 5.74) is 4.74. The van der Waals surface area contributed by atoms with Gasteiger partial charge in [0.2, 0.25) is 0 Å². The van der Waals surface area contributed by atoms with Gasteiger partial charge in [-0.3, -0.25) is 0 Å². The maximum Gasteiger partial charge on any atom is 0.417 e. The third-order valence-electron chi connectivity index (χ3n) is 3.07. The van der Waals surface area contributed by atoms with Crippen molar-refractivity contribution in [3.63, 3.8) is 0 Å². The standard InChI is InChI=1S/C11H13ClF3N3/c12-9-3-8(11(13,14)15)5-17-10(9)18-2-1-7(4-16)6-18/h3,5,7H,1-2,4,6,16H2. The van der Waals surface area contributed by atoms with Crippen LogP contribution in [0.2, 0.25) is 5.02 Å². The number of hydrogen-bond acceptors (Lipinski definition) is 3. The van der Waals surface area contributed by atoms with E-state index in [1.54, 1.807) is 0 Å². The Labute approximate surface area is 108 Å². The first kappa shape index (κ1) is 13.4. The van der Waals surface area contributed by atoms with E-state index in [0.717, 1.165) is 25.2 Å². The summed E-state index contributed by atoms with van der Waals surface area (Å²) in [5, 5.41) is 0.0301. The number of nitrogens with zero attached hydrogens (tertiary/aromatic N) is 2. The lowest BCUT2D eigenvalue weighted by molar-refractivity contribution is -0.137. The lowest BCUT2D eigenvalue weighted by atomic mass is 10.1. The molecule has 1 aliphatic heterocycles. The maximum absolute atomic E-state index is 12.5. The van der Waals surface area contributed by atoms with Crippen LogP contribution >= 0.6 is 11.6 Å². The Balaban J connectivity index is 2.21. The van der Waals surface area contributed by atoms with E-state index in [0.29, 0.717) is 24.8 Å². The van der Waals surface area contributed by atoms with Gasteiger partial charge in [0.05, 0.1) is 10.6 Å². The van der Waals surface area contributed by atoms with Crippen molar-refractivity contribution in [1.29, 1.82) is 0 Å². The molecule has 18 heavy (non-hydrogen) atoms. The van der Waals surface area contributed by atoms with Gasteiger partial charge in [-0.2, -0.15) is 13.2 Å². The minimum absolute atomic E-state index is 0.0301. The molecule has 3 nitrogen and oxygen atoms in total. The number of aromatic nitrogens is 1. The van der Waals surface area contributed by atoms with Gasteiger partial charge in [-0.15, -0.1) is 0 Å². The predicted molar refractivity (Wildman–Crippen MR) is 63.6 cm³/mol. The second-order valence-electron chi connectivity index (χ2n) is 4.36. The molecule has 0 radical (unpaired) electrons. The van der Waals surface area contributed by atoms with Crippen LogP contribution in [0.4, 0.5) is 19.0 Å². The second-order valence-corrected chi connectivity index (χ2v) is 4.77. The number of nitrogens with two attached hydrogens (primary N) is 1. The minimum atomic E-state index is -4.42. The average Bonchev–Trinajstić information content (AvgIpc) is 2.76. The Morgan fingerprint density at radius 1 is 1.50 bits per heavy atom. The summed E-state index contributed by atoms with van der Waals surface area (Å²) < 4.78 is 37.4. The molecule has 0 spiro atoms. The Bertz CT molecular complexity index is 436. The van der Waals surface area contributed by atoms with Crippen molar-refractivity contribution >= 4 is 17.4 Å². The smallest absolute Gasteiger partial charge is 0.355 e. The lowest BCUT2D eigenvalue weighted by Crippen LogP contribution is -2.24. The van der Waals surface area contributed by atoms with Gasteiger partial charge >= 0.3 is 6.18 Å². The van der Waals surface area contributed by atoms with E-state index >= 15 is 0 Å². The highest BCUT2D eigenvalue weighted by Gasteiger charge is 2.32. The molecule has 0 saturated carbocycles. The fourth-order valence-corrected chi connectivity index (χ4v) is 2.32. The Morgan fingerprint density at radius 3 is 2.72 bits per heavy atom. The van der Waals surface area contributed by atoms with Gasteiger partial charge in [0.15, 0.2) is 0 Å². The molecule has 1 saturated heterocycles. The zero-order chi connectivity index (χ0) is 13.3. The zero-order valence-electron chi connectivity index (χ0n) is 9.54. The number of hydrogen-bond donors (Lipinski definition) is 1. The van der Waals surface area contributed by atoms with Crippen molar-refractivity contribution in [1.82, 2.24) is 4.98 Å². The van der Waals surface area contributed by atoms with Crippen molar-refractivity contribution in [2.24, 2.45) is 11.7 Å². The van der Waals surface area contributed by atoms with E-state index in [1.165, 1.54) is 0 Å². The van der Waals surface area contributed by atoms with Crippen LogP contribution in [-0.4, -0.2) is 24.6 Å². The lowest BCUT2D eigenvalue weighted by Gasteiger charge is -2.19. The molecule has 1 unspecified atom stereocenters. The zero-order valence-corrected chi connectivity index (χ0v) is 10.3. The van der Waals surface area contributed by atoms with Crippen LogP contribution in [0.3, 0.4) is 0 Å². The molecule has 2 heterocycles. The molecule has 1 aliphatic rings. The number of alkyl halides is 3. The maximum atomic E-state index is 12.5. The first-order chi connectivity index (χ1) is 8.41. The summed E-state index contributed by atoms with van der Waals surface area (Å²) in [6, 6.07) is 0.916. The molecule has 7 heteroatoms. The second kappa shape index (κ2) is 4.93. The van der Waals surface area contributed by atoms with Crippen LogP contribution in [0, 0.1) is 5.92 Å². The molecule has 0 aromatic carbocycles. The average molecular weight is 280 g/mol. The molecule has 2 rings (SSSR count). The Kier molecular flexibility index (Phi) is 3.68. The highest BCUT2D eigenvalue weighted by Crippen LogP contribution is 2.34. The van der Waals surface area contributed by atoms with E-state index in [4.69, 9.17) is 17.3 Å². The molecule has 0 bridgehead atoms. The summed E-state index contributed by atoms with van der Waals surface area (Å²) in [5.74, 6) is 0.755. The molecule has 2 N–H and O–H groups in total. The van der Waals surface area contributed by atoms with Crippen molar-refractivity contribution < 1.29 is 13.2 Å². The highest BCUT2D eigenvalue weighted by atomic mass is 35.5. The fraction of sp³-hybridized carbons (Fsp3) is 0.545. The van der Waals surface area contributed by atoms with Gasteiger partial charge in [0.1, 0.15) is 5.82 Å². The summed E-state index contributed by atoms with van der Waals surface area (Å²) in [7, 11) is 0. The van der Waals surface area contributed by atoms with Crippen LogP contribution in [0.25, 0.3) is 0 Å². The van der Waals surface area contributed by atoms with Crippen molar-refractivity contribution in [3.8, 4) is 0 Å². The first-order valence-corrected chi connectivity index (χ1v) is 5.97. The van der Waals surface area contributed by atoms with Crippen LogP contribution in [0.5, 0.6) is 0 Å². The Hall–Kier alpha value is -1.01. The van der Waals surface area contributed by atoms with Gasteiger partial charge in [-0.1, -0.05) is 11.6 Å². The van der Waals surface area contributed by atoms with Crippen LogP contribution in [0.1, 0.15) is 12.0 Å². The van der Waals surface area contributed by atoms with Gasteiger partial charge in [0.25, 0.3) is 0 Å². The number of rotatable bonds is 2. The summed E-state index contributed by atoms with van der Waals surface area (Å²) in [4.78, 5) is 5.70. The van der Waals surface area contributed by atoms with E-state index in [2.05, 4.69) is 4.98 Å². The Morgan fingerprint density at radius 2 is 2.22 bits per heavy atom. The summed E-state index contributed by atoms with van der Waals surface area (Å²) in [6.07, 6.45) is -2.69. The molecule has 0 aliphatic carbocycles. The van der Waals surface area contributed by atoms with Crippen molar-refractivity contribution in [2.75, 3.05) is 24.5 Å². The molecule has 0 amide bonds. The highest BCUT2D eigenvalue weighted by molar-refractivity contribution is 6.33. The normalized spacial score (nSPS) is 20.5.